The van der Waals surface area contributed by atoms with Gasteiger partial charge >= 0.3 is 6.18 Å². The SMILES string of the molecule is CON=C(COc1cccc(C(F)(F)F)c1)Cn1c(C)cc2ccccc21. The quantitative estimate of drug-likeness (QED) is 0.446. The van der Waals surface area contributed by atoms with E-state index in [-0.39, 0.29) is 12.4 Å². The summed E-state index contributed by atoms with van der Waals surface area (Å²) in [6.45, 7) is 2.41. The number of aromatic nitrogens is 1. The second-order valence-corrected chi connectivity index (χ2v) is 6.09. The lowest BCUT2D eigenvalue weighted by molar-refractivity contribution is -0.137. The molecule has 2 aromatic carbocycles. The molecule has 1 heterocycles. The van der Waals surface area contributed by atoms with Crippen LogP contribution in [0.3, 0.4) is 0 Å². The predicted octanol–water partition coefficient (Wildman–Crippen LogP) is 5.05. The zero-order valence-electron chi connectivity index (χ0n) is 15.0. The van der Waals surface area contributed by atoms with E-state index in [9.17, 15) is 13.2 Å². The van der Waals surface area contributed by atoms with Crippen molar-refractivity contribution in [3.8, 4) is 5.75 Å². The first-order valence-corrected chi connectivity index (χ1v) is 8.32. The van der Waals surface area contributed by atoms with E-state index in [1.54, 1.807) is 0 Å². The molecule has 0 radical (unpaired) electrons. The van der Waals surface area contributed by atoms with Crippen LogP contribution in [0.4, 0.5) is 13.2 Å². The maximum Gasteiger partial charge on any atom is 0.416 e. The van der Waals surface area contributed by atoms with Gasteiger partial charge in [-0.25, -0.2) is 0 Å². The molecule has 142 valence electrons. The minimum absolute atomic E-state index is 0.0150. The summed E-state index contributed by atoms with van der Waals surface area (Å²) in [4.78, 5) is 4.89. The molecule has 7 heteroatoms. The third-order valence-electron chi connectivity index (χ3n) is 4.15. The van der Waals surface area contributed by atoms with Gasteiger partial charge in [-0.3, -0.25) is 0 Å². The van der Waals surface area contributed by atoms with E-state index in [1.165, 1.54) is 19.2 Å². The Hall–Kier alpha value is -2.96. The molecule has 0 amide bonds. The second-order valence-electron chi connectivity index (χ2n) is 6.09. The van der Waals surface area contributed by atoms with Crippen molar-refractivity contribution in [1.29, 1.82) is 0 Å². The fourth-order valence-corrected chi connectivity index (χ4v) is 2.90. The molecule has 0 saturated carbocycles. The summed E-state index contributed by atoms with van der Waals surface area (Å²) in [5.74, 6) is 0.128. The molecule has 4 nitrogen and oxygen atoms in total. The summed E-state index contributed by atoms with van der Waals surface area (Å²) >= 11 is 0. The Balaban J connectivity index is 1.77. The average molecular weight is 376 g/mol. The monoisotopic (exact) mass is 376 g/mol. The highest BCUT2D eigenvalue weighted by atomic mass is 19.4. The van der Waals surface area contributed by atoms with Crippen LogP contribution >= 0.6 is 0 Å². The zero-order valence-corrected chi connectivity index (χ0v) is 15.0. The largest absolute Gasteiger partial charge is 0.487 e. The minimum Gasteiger partial charge on any atom is -0.487 e. The average Bonchev–Trinajstić information content (AvgIpc) is 2.95. The Morgan fingerprint density at radius 3 is 2.59 bits per heavy atom. The highest BCUT2D eigenvalue weighted by Gasteiger charge is 2.30. The number of alkyl halides is 3. The number of para-hydroxylation sites is 1. The van der Waals surface area contributed by atoms with E-state index >= 15 is 0 Å². The van der Waals surface area contributed by atoms with Crippen molar-refractivity contribution in [1.82, 2.24) is 4.57 Å². The van der Waals surface area contributed by atoms with Gasteiger partial charge in [0.25, 0.3) is 0 Å². The zero-order chi connectivity index (χ0) is 19.4. The molecular weight excluding hydrogens is 357 g/mol. The number of aryl methyl sites for hydroxylation is 1. The van der Waals surface area contributed by atoms with Gasteiger partial charge in [-0.15, -0.1) is 0 Å². The van der Waals surface area contributed by atoms with Gasteiger partial charge in [0, 0.05) is 11.2 Å². The highest BCUT2D eigenvalue weighted by molar-refractivity contribution is 5.88. The lowest BCUT2D eigenvalue weighted by Gasteiger charge is -2.13. The number of oxime groups is 1. The smallest absolute Gasteiger partial charge is 0.416 e. The number of rotatable bonds is 6. The van der Waals surface area contributed by atoms with Gasteiger partial charge in [0.1, 0.15) is 25.2 Å². The van der Waals surface area contributed by atoms with Crippen LogP contribution in [0, 0.1) is 6.92 Å². The van der Waals surface area contributed by atoms with E-state index in [0.29, 0.717) is 12.3 Å². The second kappa shape index (κ2) is 7.73. The third kappa shape index (κ3) is 4.42. The Morgan fingerprint density at radius 1 is 1.07 bits per heavy atom. The number of fused-ring (bicyclic) bond motifs is 1. The van der Waals surface area contributed by atoms with Gasteiger partial charge in [-0.2, -0.15) is 13.2 Å². The van der Waals surface area contributed by atoms with Crippen molar-refractivity contribution in [2.24, 2.45) is 5.16 Å². The first-order valence-electron chi connectivity index (χ1n) is 8.32. The van der Waals surface area contributed by atoms with Gasteiger partial charge < -0.3 is 14.1 Å². The lowest BCUT2D eigenvalue weighted by atomic mass is 10.2. The van der Waals surface area contributed by atoms with Crippen LogP contribution in [0.25, 0.3) is 10.9 Å². The van der Waals surface area contributed by atoms with E-state index < -0.39 is 11.7 Å². The Labute approximate surface area is 154 Å². The van der Waals surface area contributed by atoms with Crippen molar-refractivity contribution < 1.29 is 22.7 Å². The van der Waals surface area contributed by atoms with Crippen LogP contribution in [0.1, 0.15) is 11.3 Å². The van der Waals surface area contributed by atoms with E-state index in [1.807, 2.05) is 31.2 Å². The lowest BCUT2D eigenvalue weighted by Crippen LogP contribution is -2.19. The summed E-state index contributed by atoms with van der Waals surface area (Å²) in [6, 6.07) is 14.8. The van der Waals surface area contributed by atoms with Crippen LogP contribution in [-0.4, -0.2) is 24.0 Å². The summed E-state index contributed by atoms with van der Waals surface area (Å²) in [6.07, 6.45) is -4.41. The van der Waals surface area contributed by atoms with E-state index in [4.69, 9.17) is 9.57 Å². The molecule has 0 aliphatic carbocycles. The van der Waals surface area contributed by atoms with Crippen LogP contribution in [0.5, 0.6) is 5.75 Å². The molecule has 27 heavy (non-hydrogen) atoms. The summed E-state index contributed by atoms with van der Waals surface area (Å²) in [7, 11) is 1.42. The minimum atomic E-state index is -4.41. The van der Waals surface area contributed by atoms with Crippen molar-refractivity contribution in [2.75, 3.05) is 13.7 Å². The number of hydrogen-bond donors (Lipinski definition) is 0. The fourth-order valence-electron chi connectivity index (χ4n) is 2.90. The third-order valence-corrected chi connectivity index (χ3v) is 4.15. The number of ether oxygens (including phenoxy) is 1. The molecule has 0 aliphatic rings. The standard InChI is InChI=1S/C20H19F3N2O2/c1-14-10-15-6-3-4-9-19(15)25(14)12-17(24-26-2)13-27-18-8-5-7-16(11-18)20(21,22)23/h3-11H,12-13H2,1-2H3. The number of halogens is 3. The Kier molecular flexibility index (Phi) is 5.39. The summed E-state index contributed by atoms with van der Waals surface area (Å²) in [5, 5.41) is 5.08. The van der Waals surface area contributed by atoms with Gasteiger partial charge in [-0.1, -0.05) is 29.4 Å². The van der Waals surface area contributed by atoms with Crippen molar-refractivity contribution >= 4 is 16.6 Å². The maximum absolute atomic E-state index is 12.8. The topological polar surface area (TPSA) is 35.8 Å². The molecule has 0 N–H and O–H groups in total. The molecule has 3 rings (SSSR count). The summed E-state index contributed by atoms with van der Waals surface area (Å²) in [5.41, 5.74) is 1.88. The fraction of sp³-hybridized carbons (Fsp3) is 0.250. The normalized spacial score (nSPS) is 12.4. The van der Waals surface area contributed by atoms with Gasteiger partial charge in [0.05, 0.1) is 12.1 Å². The molecule has 0 spiro atoms. The molecule has 1 aromatic heterocycles. The van der Waals surface area contributed by atoms with Gasteiger partial charge in [0.15, 0.2) is 0 Å². The van der Waals surface area contributed by atoms with Crippen LogP contribution in [0.2, 0.25) is 0 Å². The molecule has 3 aromatic rings. The van der Waals surface area contributed by atoms with Crippen LogP contribution in [-0.2, 0) is 17.6 Å². The Bertz CT molecular complexity index is 961. The van der Waals surface area contributed by atoms with Crippen molar-refractivity contribution in [2.45, 2.75) is 19.6 Å². The first kappa shape index (κ1) is 18.8. The highest BCUT2D eigenvalue weighted by Crippen LogP contribution is 2.31. The van der Waals surface area contributed by atoms with Crippen LogP contribution in [0.15, 0.2) is 59.8 Å². The van der Waals surface area contributed by atoms with Crippen LogP contribution < -0.4 is 4.74 Å². The number of benzene rings is 2. The van der Waals surface area contributed by atoms with Gasteiger partial charge in [-0.05, 0) is 42.6 Å². The molecule has 0 atom stereocenters. The molecule has 0 unspecified atom stereocenters. The number of hydrogen-bond acceptors (Lipinski definition) is 3. The van der Waals surface area contributed by atoms with Gasteiger partial charge in [0.2, 0.25) is 0 Å². The van der Waals surface area contributed by atoms with E-state index in [2.05, 4.69) is 15.8 Å². The first-order chi connectivity index (χ1) is 12.9. The molecule has 0 saturated heterocycles. The summed E-state index contributed by atoms with van der Waals surface area (Å²) < 4.78 is 46.1. The maximum atomic E-state index is 12.8. The molecular formula is C20H19F3N2O2. The van der Waals surface area contributed by atoms with Crippen molar-refractivity contribution in [3.63, 3.8) is 0 Å². The molecule has 0 bridgehead atoms. The Morgan fingerprint density at radius 2 is 1.85 bits per heavy atom. The predicted molar refractivity (Wildman–Crippen MR) is 98.1 cm³/mol. The molecule has 0 fully saturated rings. The number of nitrogens with zero attached hydrogens (tertiary/aromatic N) is 2. The molecule has 0 aliphatic heterocycles. The van der Waals surface area contributed by atoms with Crippen molar-refractivity contribution in [3.05, 3.63) is 65.9 Å². The van der Waals surface area contributed by atoms with E-state index in [0.717, 1.165) is 28.7 Å².